The monoisotopic (exact) mass is 460 g/mol. The van der Waals surface area contributed by atoms with Crippen LogP contribution in [0, 0.1) is 0 Å². The van der Waals surface area contributed by atoms with Crippen LogP contribution in [0.15, 0.2) is 54.6 Å². The molecule has 1 fully saturated rings. The molecule has 4 rings (SSSR count). The minimum absolute atomic E-state index is 0.00271. The summed E-state index contributed by atoms with van der Waals surface area (Å²) in [5, 5.41) is 3.86. The molecule has 1 saturated heterocycles. The van der Waals surface area contributed by atoms with Gasteiger partial charge >= 0.3 is 0 Å². The number of ether oxygens (including phenoxy) is 1. The van der Waals surface area contributed by atoms with Crippen molar-refractivity contribution in [3.05, 3.63) is 60.2 Å². The van der Waals surface area contributed by atoms with E-state index in [-0.39, 0.29) is 17.9 Å². The fraction of sp³-hybridized carbons (Fsp3) is 0.370. The predicted molar refractivity (Wildman–Crippen MR) is 134 cm³/mol. The lowest BCUT2D eigenvalue weighted by molar-refractivity contribution is -0.123. The third kappa shape index (κ3) is 5.37. The highest BCUT2D eigenvalue weighted by Gasteiger charge is 2.25. The molecular formula is C27H32N4O3. The van der Waals surface area contributed by atoms with Crippen LogP contribution in [0.5, 0.6) is 5.75 Å². The molecule has 1 atom stereocenters. The van der Waals surface area contributed by atoms with Gasteiger partial charge in [-0.3, -0.25) is 14.5 Å². The van der Waals surface area contributed by atoms with E-state index in [1.807, 2.05) is 66.4 Å². The molecule has 1 unspecified atom stereocenters. The molecule has 0 bridgehead atoms. The van der Waals surface area contributed by atoms with Crippen LogP contribution in [0.25, 0.3) is 22.2 Å². The van der Waals surface area contributed by atoms with Crippen LogP contribution in [0.2, 0.25) is 0 Å². The highest BCUT2D eigenvalue weighted by atomic mass is 16.5. The van der Waals surface area contributed by atoms with Gasteiger partial charge in [-0.15, -0.1) is 0 Å². The molecule has 178 valence electrons. The Morgan fingerprint density at radius 1 is 1.06 bits per heavy atom. The first-order valence-corrected chi connectivity index (χ1v) is 11.8. The SMILES string of the molecule is CCC(C)NC(=O)CN1CCN(C(=O)c2cc(-c3ccc(OC)cc3)nc3ccccc23)CC1. The van der Waals surface area contributed by atoms with Crippen molar-refractivity contribution < 1.29 is 14.3 Å². The van der Waals surface area contributed by atoms with E-state index in [0.717, 1.165) is 34.3 Å². The van der Waals surface area contributed by atoms with Crippen molar-refractivity contribution in [2.24, 2.45) is 0 Å². The molecule has 2 heterocycles. The Hall–Kier alpha value is -3.45. The first-order valence-electron chi connectivity index (χ1n) is 11.8. The van der Waals surface area contributed by atoms with Gasteiger partial charge in [-0.2, -0.15) is 0 Å². The predicted octanol–water partition coefficient (Wildman–Crippen LogP) is 3.58. The smallest absolute Gasteiger partial charge is 0.254 e. The number of methoxy groups -OCH3 is 1. The van der Waals surface area contributed by atoms with Gasteiger partial charge in [0.05, 0.1) is 30.4 Å². The first kappa shape index (κ1) is 23.7. The largest absolute Gasteiger partial charge is 0.497 e. The molecule has 1 aliphatic rings. The van der Waals surface area contributed by atoms with Crippen LogP contribution in [-0.2, 0) is 4.79 Å². The van der Waals surface area contributed by atoms with Crippen LogP contribution >= 0.6 is 0 Å². The number of benzene rings is 2. The summed E-state index contributed by atoms with van der Waals surface area (Å²) in [4.78, 5) is 34.6. The van der Waals surface area contributed by atoms with Crippen molar-refractivity contribution in [1.82, 2.24) is 20.1 Å². The van der Waals surface area contributed by atoms with Gasteiger partial charge in [0.25, 0.3) is 5.91 Å². The highest BCUT2D eigenvalue weighted by molar-refractivity contribution is 6.07. The summed E-state index contributed by atoms with van der Waals surface area (Å²) in [5.74, 6) is 0.812. The number of carbonyl (C=O) groups excluding carboxylic acids is 2. The number of carbonyl (C=O) groups is 2. The van der Waals surface area contributed by atoms with E-state index >= 15 is 0 Å². The van der Waals surface area contributed by atoms with E-state index in [1.54, 1.807) is 7.11 Å². The lowest BCUT2D eigenvalue weighted by Crippen LogP contribution is -2.51. The van der Waals surface area contributed by atoms with Crippen molar-refractivity contribution in [2.45, 2.75) is 26.3 Å². The molecule has 2 amide bonds. The van der Waals surface area contributed by atoms with E-state index < -0.39 is 0 Å². The van der Waals surface area contributed by atoms with Gasteiger partial charge in [0.15, 0.2) is 0 Å². The number of pyridine rings is 1. The van der Waals surface area contributed by atoms with Gasteiger partial charge in [0, 0.05) is 43.2 Å². The topological polar surface area (TPSA) is 74.8 Å². The third-order valence-electron chi connectivity index (χ3n) is 6.38. The fourth-order valence-corrected chi connectivity index (χ4v) is 4.17. The normalized spacial score (nSPS) is 15.2. The number of amides is 2. The Kier molecular flexibility index (Phi) is 7.43. The Balaban J connectivity index is 1.51. The van der Waals surface area contributed by atoms with E-state index in [9.17, 15) is 9.59 Å². The van der Waals surface area contributed by atoms with Crippen molar-refractivity contribution in [3.63, 3.8) is 0 Å². The number of nitrogens with zero attached hydrogens (tertiary/aromatic N) is 3. The van der Waals surface area contributed by atoms with Crippen molar-refractivity contribution in [3.8, 4) is 17.0 Å². The second kappa shape index (κ2) is 10.7. The molecule has 0 spiro atoms. The number of fused-ring (bicyclic) bond motifs is 1. The van der Waals surface area contributed by atoms with Gasteiger partial charge < -0.3 is 15.0 Å². The molecule has 0 aliphatic carbocycles. The average molecular weight is 461 g/mol. The van der Waals surface area contributed by atoms with Gasteiger partial charge in [-0.25, -0.2) is 4.98 Å². The van der Waals surface area contributed by atoms with Gasteiger partial charge in [-0.1, -0.05) is 25.1 Å². The maximum absolute atomic E-state index is 13.6. The molecule has 1 aromatic heterocycles. The zero-order chi connectivity index (χ0) is 24.1. The third-order valence-corrected chi connectivity index (χ3v) is 6.38. The van der Waals surface area contributed by atoms with Gasteiger partial charge in [0.2, 0.25) is 5.91 Å². The highest BCUT2D eigenvalue weighted by Crippen LogP contribution is 2.27. The molecule has 0 radical (unpaired) electrons. The quantitative estimate of drug-likeness (QED) is 0.583. The van der Waals surface area contributed by atoms with Gasteiger partial charge in [0.1, 0.15) is 5.75 Å². The number of para-hydroxylation sites is 1. The fourth-order valence-electron chi connectivity index (χ4n) is 4.17. The van der Waals surface area contributed by atoms with Crippen LogP contribution in [0.4, 0.5) is 0 Å². The number of hydrogen-bond acceptors (Lipinski definition) is 5. The summed E-state index contributed by atoms with van der Waals surface area (Å²) in [6, 6.07) is 17.5. The number of nitrogens with one attached hydrogen (secondary N) is 1. The van der Waals surface area contributed by atoms with Crippen LogP contribution < -0.4 is 10.1 Å². The van der Waals surface area contributed by atoms with Gasteiger partial charge in [-0.05, 0) is 49.7 Å². The minimum atomic E-state index is -0.00271. The molecule has 1 N–H and O–H groups in total. The van der Waals surface area contributed by atoms with Crippen LogP contribution in [-0.4, -0.2) is 72.5 Å². The second-order valence-corrected chi connectivity index (χ2v) is 8.75. The van der Waals surface area contributed by atoms with Crippen LogP contribution in [0.3, 0.4) is 0 Å². The zero-order valence-corrected chi connectivity index (χ0v) is 20.1. The number of rotatable bonds is 7. The summed E-state index contributed by atoms with van der Waals surface area (Å²) < 4.78 is 5.26. The van der Waals surface area contributed by atoms with Crippen molar-refractivity contribution in [1.29, 1.82) is 0 Å². The van der Waals surface area contributed by atoms with E-state index in [4.69, 9.17) is 9.72 Å². The average Bonchev–Trinajstić information content (AvgIpc) is 2.88. The molecule has 3 aromatic rings. The maximum Gasteiger partial charge on any atom is 0.254 e. The van der Waals surface area contributed by atoms with E-state index in [1.165, 1.54) is 0 Å². The summed E-state index contributed by atoms with van der Waals surface area (Å²) in [6.45, 7) is 6.95. The second-order valence-electron chi connectivity index (χ2n) is 8.75. The molecule has 34 heavy (non-hydrogen) atoms. The molecule has 1 aliphatic heterocycles. The lowest BCUT2D eigenvalue weighted by Gasteiger charge is -2.34. The summed E-state index contributed by atoms with van der Waals surface area (Å²) in [5.41, 5.74) is 3.13. The Morgan fingerprint density at radius 2 is 1.76 bits per heavy atom. The van der Waals surface area contributed by atoms with E-state index in [2.05, 4.69) is 17.1 Å². The zero-order valence-electron chi connectivity index (χ0n) is 20.1. The van der Waals surface area contributed by atoms with Crippen LogP contribution in [0.1, 0.15) is 30.6 Å². The summed E-state index contributed by atoms with van der Waals surface area (Å²) in [6.07, 6.45) is 0.909. The Morgan fingerprint density at radius 3 is 2.44 bits per heavy atom. The summed E-state index contributed by atoms with van der Waals surface area (Å²) >= 11 is 0. The first-order chi connectivity index (χ1) is 16.5. The van der Waals surface area contributed by atoms with Crippen molar-refractivity contribution in [2.75, 3.05) is 39.8 Å². The van der Waals surface area contributed by atoms with Crippen molar-refractivity contribution >= 4 is 22.7 Å². The lowest BCUT2D eigenvalue weighted by atomic mass is 10.0. The number of hydrogen-bond donors (Lipinski definition) is 1. The summed E-state index contributed by atoms with van der Waals surface area (Å²) in [7, 11) is 1.64. The standard InChI is InChI=1S/C27H32N4O3/c1-4-19(2)28-26(32)18-30-13-15-31(16-14-30)27(33)23-17-25(20-9-11-21(34-3)12-10-20)29-24-8-6-5-7-22(23)24/h5-12,17,19H,4,13-16,18H2,1-3H3,(H,28,32). The Labute approximate surface area is 200 Å². The molecule has 7 nitrogen and oxygen atoms in total. The molecular weight excluding hydrogens is 428 g/mol. The minimum Gasteiger partial charge on any atom is -0.497 e. The number of piperazine rings is 1. The molecule has 7 heteroatoms. The molecule has 2 aromatic carbocycles. The number of aromatic nitrogens is 1. The maximum atomic E-state index is 13.6. The Bertz CT molecular complexity index is 1150. The molecule has 0 saturated carbocycles. The van der Waals surface area contributed by atoms with E-state index in [0.29, 0.717) is 38.3 Å².